The average molecular weight is 363 g/mol. The largest absolute Gasteiger partial charge is 0.342 e. The topological polar surface area (TPSA) is 68.8 Å². The van der Waals surface area contributed by atoms with E-state index < -0.39 is 0 Å². The lowest BCUT2D eigenvalue weighted by Crippen LogP contribution is -2.39. The average Bonchev–Trinajstić information content (AvgIpc) is 3.26. The van der Waals surface area contributed by atoms with Gasteiger partial charge in [-0.1, -0.05) is 6.92 Å². The van der Waals surface area contributed by atoms with Gasteiger partial charge in [0.2, 0.25) is 5.91 Å². The van der Waals surface area contributed by atoms with E-state index in [0.717, 1.165) is 49.8 Å². The van der Waals surface area contributed by atoms with E-state index in [-0.39, 0.29) is 5.91 Å². The van der Waals surface area contributed by atoms with Crippen LogP contribution in [0, 0.1) is 0 Å². The Hall–Kier alpha value is -1.83. The number of nitrogens with zero attached hydrogens (tertiary/aromatic N) is 6. The Kier molecular flexibility index (Phi) is 6.12. The first-order valence-electron chi connectivity index (χ1n) is 8.90. The van der Waals surface area contributed by atoms with Crippen molar-refractivity contribution in [1.82, 2.24) is 29.4 Å². The second-order valence-electron chi connectivity index (χ2n) is 6.44. The molecule has 0 aliphatic carbocycles. The van der Waals surface area contributed by atoms with Crippen molar-refractivity contribution in [2.75, 3.05) is 24.6 Å². The first-order valence-corrected chi connectivity index (χ1v) is 10.1. The maximum Gasteiger partial charge on any atom is 0.232 e. The van der Waals surface area contributed by atoms with Gasteiger partial charge in [-0.3, -0.25) is 9.48 Å². The van der Waals surface area contributed by atoms with Crippen LogP contribution in [0.2, 0.25) is 0 Å². The molecule has 136 valence electrons. The van der Waals surface area contributed by atoms with Crippen LogP contribution in [0.15, 0.2) is 18.5 Å². The van der Waals surface area contributed by atoms with E-state index in [1.807, 2.05) is 28.9 Å². The van der Waals surface area contributed by atoms with Crippen LogP contribution in [0.4, 0.5) is 0 Å². The Labute approximate surface area is 152 Å². The molecule has 0 saturated carbocycles. The third kappa shape index (κ3) is 4.42. The molecule has 1 aliphatic heterocycles. The molecule has 8 heteroatoms. The summed E-state index contributed by atoms with van der Waals surface area (Å²) in [4.78, 5) is 14.2. The lowest BCUT2D eigenvalue weighted by Gasteiger charge is -2.31. The highest BCUT2D eigenvalue weighted by molar-refractivity contribution is 7.99. The number of rotatable bonds is 7. The van der Waals surface area contributed by atoms with E-state index in [1.54, 1.807) is 18.0 Å². The Morgan fingerprint density at radius 3 is 2.80 bits per heavy atom. The summed E-state index contributed by atoms with van der Waals surface area (Å²) >= 11 is 1.73. The third-order valence-electron chi connectivity index (χ3n) is 4.65. The number of amides is 1. The molecular formula is C17H26N6OS. The monoisotopic (exact) mass is 362 g/mol. The van der Waals surface area contributed by atoms with Crippen molar-refractivity contribution >= 4 is 17.7 Å². The van der Waals surface area contributed by atoms with Gasteiger partial charge in [0.05, 0.1) is 5.75 Å². The minimum Gasteiger partial charge on any atom is -0.342 e. The highest BCUT2D eigenvalue weighted by Gasteiger charge is 2.27. The number of likely N-dealkylation sites (tertiary alicyclic amines) is 1. The van der Waals surface area contributed by atoms with Gasteiger partial charge in [0.1, 0.15) is 12.4 Å². The summed E-state index contributed by atoms with van der Waals surface area (Å²) in [6.07, 6.45) is 6.72. The van der Waals surface area contributed by atoms with Crippen LogP contribution in [-0.4, -0.2) is 59.9 Å². The van der Waals surface area contributed by atoms with Gasteiger partial charge in [-0.05, 0) is 31.1 Å². The van der Waals surface area contributed by atoms with Crippen LogP contribution in [0.1, 0.15) is 43.8 Å². The predicted molar refractivity (Wildman–Crippen MR) is 98.5 cm³/mol. The normalized spacial score (nSPS) is 15.7. The number of hydrogen-bond donors (Lipinski definition) is 0. The van der Waals surface area contributed by atoms with Crippen LogP contribution in [0.5, 0.6) is 0 Å². The fourth-order valence-corrected chi connectivity index (χ4v) is 3.98. The molecule has 0 aromatic carbocycles. The van der Waals surface area contributed by atoms with Crippen LogP contribution in [-0.2, 0) is 18.4 Å². The molecule has 3 rings (SSSR count). The number of carbonyl (C=O) groups excluding carboxylic acids is 1. The first-order chi connectivity index (χ1) is 12.2. The lowest BCUT2D eigenvalue weighted by atomic mass is 9.96. The summed E-state index contributed by atoms with van der Waals surface area (Å²) in [5.41, 5.74) is 0. The molecule has 1 saturated heterocycles. The minimum absolute atomic E-state index is 0.272. The minimum atomic E-state index is 0.272. The molecule has 0 unspecified atom stereocenters. The molecule has 3 heterocycles. The Morgan fingerprint density at radius 1 is 1.32 bits per heavy atom. The van der Waals surface area contributed by atoms with Crippen molar-refractivity contribution in [3.63, 3.8) is 0 Å². The van der Waals surface area contributed by atoms with Crippen molar-refractivity contribution in [3.05, 3.63) is 30.1 Å². The molecule has 1 aliphatic rings. The van der Waals surface area contributed by atoms with E-state index >= 15 is 0 Å². The second-order valence-corrected chi connectivity index (χ2v) is 7.55. The van der Waals surface area contributed by atoms with Crippen molar-refractivity contribution in [2.24, 2.45) is 7.05 Å². The van der Waals surface area contributed by atoms with Crippen LogP contribution < -0.4 is 0 Å². The van der Waals surface area contributed by atoms with Gasteiger partial charge in [-0.25, -0.2) is 0 Å². The van der Waals surface area contributed by atoms with Crippen molar-refractivity contribution < 1.29 is 4.79 Å². The maximum atomic E-state index is 12.2. The van der Waals surface area contributed by atoms with E-state index in [1.165, 1.54) is 0 Å². The number of thioether (sulfide) groups is 1. The summed E-state index contributed by atoms with van der Waals surface area (Å²) in [6.45, 7) is 4.40. The van der Waals surface area contributed by atoms with Crippen LogP contribution in [0.25, 0.3) is 0 Å². The SMILES string of the molecule is CCCSCC(=O)N1CCC(c2nnc(Cn3cccn3)n2C)CC1. The van der Waals surface area contributed by atoms with E-state index in [2.05, 4.69) is 26.8 Å². The summed E-state index contributed by atoms with van der Waals surface area (Å²) in [6, 6.07) is 1.91. The summed E-state index contributed by atoms with van der Waals surface area (Å²) in [5, 5.41) is 13.0. The highest BCUT2D eigenvalue weighted by atomic mass is 32.2. The van der Waals surface area contributed by atoms with E-state index in [4.69, 9.17) is 0 Å². The molecule has 0 spiro atoms. The number of aromatic nitrogens is 5. The Bertz CT molecular complexity index is 675. The highest BCUT2D eigenvalue weighted by Crippen LogP contribution is 2.27. The Morgan fingerprint density at radius 2 is 2.12 bits per heavy atom. The molecule has 0 atom stereocenters. The molecule has 7 nitrogen and oxygen atoms in total. The Balaban J connectivity index is 1.54. The fourth-order valence-electron chi connectivity index (χ4n) is 3.19. The smallest absolute Gasteiger partial charge is 0.232 e. The lowest BCUT2D eigenvalue weighted by molar-refractivity contribution is -0.129. The maximum absolute atomic E-state index is 12.2. The molecule has 0 bridgehead atoms. The standard InChI is InChI=1S/C17H26N6OS/c1-3-11-25-13-16(24)22-9-5-14(6-10-22)17-20-19-15(21(17)2)12-23-8-4-7-18-23/h4,7-8,14H,3,5-6,9-13H2,1-2H3. The van der Waals surface area contributed by atoms with Gasteiger partial charge in [0.15, 0.2) is 5.82 Å². The summed E-state index contributed by atoms with van der Waals surface area (Å²) < 4.78 is 3.93. The molecule has 1 fully saturated rings. The van der Waals surface area contributed by atoms with Gasteiger partial charge >= 0.3 is 0 Å². The van der Waals surface area contributed by atoms with Crippen molar-refractivity contribution in [1.29, 1.82) is 0 Å². The van der Waals surface area contributed by atoms with Crippen molar-refractivity contribution in [2.45, 2.75) is 38.6 Å². The quantitative estimate of drug-likeness (QED) is 0.704. The van der Waals surface area contributed by atoms with E-state index in [0.29, 0.717) is 18.2 Å². The fraction of sp³-hybridized carbons (Fsp3) is 0.647. The molecule has 2 aromatic heterocycles. The zero-order valence-electron chi connectivity index (χ0n) is 15.0. The molecule has 0 radical (unpaired) electrons. The van der Waals surface area contributed by atoms with Crippen LogP contribution >= 0.6 is 11.8 Å². The van der Waals surface area contributed by atoms with Gasteiger partial charge in [0.25, 0.3) is 0 Å². The molecular weight excluding hydrogens is 336 g/mol. The van der Waals surface area contributed by atoms with Gasteiger partial charge in [0, 0.05) is 38.4 Å². The molecule has 25 heavy (non-hydrogen) atoms. The van der Waals surface area contributed by atoms with Crippen molar-refractivity contribution in [3.8, 4) is 0 Å². The third-order valence-corrected chi connectivity index (χ3v) is 5.80. The van der Waals surface area contributed by atoms with Gasteiger partial charge in [-0.2, -0.15) is 16.9 Å². The van der Waals surface area contributed by atoms with Crippen LogP contribution in [0.3, 0.4) is 0 Å². The molecule has 1 amide bonds. The number of hydrogen-bond acceptors (Lipinski definition) is 5. The van der Waals surface area contributed by atoms with Gasteiger partial charge in [-0.15, -0.1) is 10.2 Å². The first kappa shape index (κ1) is 18.0. The van der Waals surface area contributed by atoms with E-state index in [9.17, 15) is 4.79 Å². The zero-order chi connectivity index (χ0) is 17.6. The molecule has 0 N–H and O–H groups in total. The number of carbonyl (C=O) groups is 1. The summed E-state index contributed by atoms with van der Waals surface area (Å²) in [5.74, 6) is 4.24. The predicted octanol–water partition coefficient (Wildman–Crippen LogP) is 1.91. The zero-order valence-corrected chi connectivity index (χ0v) is 15.8. The number of piperidine rings is 1. The second kappa shape index (κ2) is 8.51. The molecule has 2 aromatic rings. The van der Waals surface area contributed by atoms with Gasteiger partial charge < -0.3 is 9.47 Å². The summed E-state index contributed by atoms with van der Waals surface area (Å²) in [7, 11) is 2.02.